The van der Waals surface area contributed by atoms with E-state index in [1.54, 1.807) is 72.6 Å². The average molecular weight is 1960 g/mol. The number of aliphatic hydroxyl groups is 1. The maximum absolute atomic E-state index is 16.4. The van der Waals surface area contributed by atoms with E-state index in [-0.39, 0.29) is 147 Å². The van der Waals surface area contributed by atoms with Crippen molar-refractivity contribution in [2.45, 2.75) is 319 Å². The Morgan fingerprint density at radius 2 is 1.22 bits per heavy atom. The number of aryl methyl sites for hydroxylation is 1. The monoisotopic (exact) mass is 1950 g/mol. The number of hydrogen-bond acceptors (Lipinski definition) is 19. The van der Waals surface area contributed by atoms with Crippen molar-refractivity contribution in [2.24, 2.45) is 0 Å². The van der Waals surface area contributed by atoms with Gasteiger partial charge >= 0.3 is 5.97 Å². The number of quaternary nitrogens is 1. The number of carbonyl (C=O) groups excluding carboxylic acids is 13. The van der Waals surface area contributed by atoms with Crippen molar-refractivity contribution in [3.8, 4) is 5.75 Å². The van der Waals surface area contributed by atoms with Crippen molar-refractivity contribution in [1.82, 2.24) is 61.8 Å². The van der Waals surface area contributed by atoms with E-state index in [2.05, 4.69) is 56.6 Å². The first-order chi connectivity index (χ1) is 66.3. The van der Waals surface area contributed by atoms with Gasteiger partial charge in [-0.1, -0.05) is 151 Å². The molecule has 0 radical (unpaired) electrons. The molecule has 0 spiro atoms. The Bertz CT molecular complexity index is 4900. The summed E-state index contributed by atoms with van der Waals surface area (Å²) in [6, 6.07) is 13.9. The Morgan fingerprint density at radius 3 is 1.91 bits per heavy atom. The largest absolute Gasteiger partial charge is 1.00 e. The number of carboxylic acid groups (broad SMARTS) is 1. The van der Waals surface area contributed by atoms with Crippen molar-refractivity contribution >= 4 is 93.4 Å². The van der Waals surface area contributed by atoms with E-state index < -0.39 is 144 Å². The molecule has 2 saturated heterocycles. The van der Waals surface area contributed by atoms with Crippen LogP contribution in [0.1, 0.15) is 247 Å². The zero-order valence-electron chi connectivity index (χ0n) is 82.1. The molecule has 35 heteroatoms. The van der Waals surface area contributed by atoms with Gasteiger partial charge in [0.1, 0.15) is 84.1 Å². The molecule has 11 rings (SSSR count). The first-order valence-corrected chi connectivity index (χ1v) is 50.2. The molecular weight excluding hydrogens is 1810 g/mol. The maximum atomic E-state index is 16.4. The maximum Gasteiger partial charge on any atom is 0.303 e. The highest BCUT2D eigenvalue weighted by molar-refractivity contribution is 6.00. The number of carbonyl (C=O) groups is 14. The average Bonchev–Trinajstić information content (AvgIpc) is 1.63. The number of halogens is 2. The quantitative estimate of drug-likeness (QED) is 0.0168. The van der Waals surface area contributed by atoms with Crippen LogP contribution in [-0.2, 0) is 127 Å². The lowest BCUT2D eigenvalue weighted by Crippen LogP contribution is -3.00. The molecule has 4 aromatic carbocycles. The summed E-state index contributed by atoms with van der Waals surface area (Å²) in [6.07, 6.45) is 17.8. The summed E-state index contributed by atoms with van der Waals surface area (Å²) in [5.41, 5.74) is 2.67. The Morgan fingerprint density at radius 1 is 0.576 bits per heavy atom. The number of benzene rings is 4. The number of carboxylic acids is 1. The van der Waals surface area contributed by atoms with E-state index in [1.165, 1.54) is 89.4 Å². The molecule has 2 fully saturated rings. The molecular formula is C104H149ClFN13O20. The molecule has 0 unspecified atom stereocenters. The molecule has 764 valence electrons. The summed E-state index contributed by atoms with van der Waals surface area (Å²) in [6.45, 7) is 6.66. The van der Waals surface area contributed by atoms with Gasteiger partial charge in [0.25, 0.3) is 0 Å². The summed E-state index contributed by atoms with van der Waals surface area (Å²) in [5, 5.41) is 43.4. The van der Waals surface area contributed by atoms with Gasteiger partial charge in [-0.15, -0.1) is 0 Å². The first kappa shape index (κ1) is 112. The lowest BCUT2D eigenvalue weighted by atomic mass is 9.95. The van der Waals surface area contributed by atoms with Gasteiger partial charge in [0.15, 0.2) is 0 Å². The Kier molecular flexibility index (Phi) is 46.0. The number of Topliss-reactive ketones (excluding diaryl/α,β-unsaturated/α-hetero) is 2. The van der Waals surface area contributed by atoms with E-state index in [9.17, 15) is 43.5 Å². The van der Waals surface area contributed by atoms with E-state index >= 15 is 33.2 Å². The number of nitrogens with one attached hydrogen (secondary N) is 8. The van der Waals surface area contributed by atoms with Crippen LogP contribution in [0.3, 0.4) is 0 Å². The lowest BCUT2D eigenvalue weighted by molar-refractivity contribution is -0.890. The fourth-order valence-electron chi connectivity index (χ4n) is 18.9. The predicted molar refractivity (Wildman–Crippen MR) is 517 cm³/mol. The van der Waals surface area contributed by atoms with E-state index in [4.69, 9.17) is 24.1 Å². The second kappa shape index (κ2) is 57.2. The number of amides is 11. The standard InChI is InChI=1S/C104H148FN13O20.ClH/c1-71-96(127)109-84(43-40-81(121)49-58-136-60-61-137-59-57-118(4,5)56-26-31-80(120)30-21-17-15-13-11-9-7-8-10-12-14-16-18-22-32-93(125)126)97(128)110-85-64-76-28-25-29-77(62-76)67-107-91(123)70-138-89-48-55-116-95(89)100(131)113-94(72(2)119)99(130)112-86(63-74-37-41-82(135-6)42-38-74)102(133)117-54-27-50-104(117,3)103(134)106-51-47-73-33-35-75(36-34-73)68-115(92(124)46-45-90(122)108-71)53-24-20-19-23-52-114-69-78(65-87(101(116)132)111-98(85)129)83-66-79(105)39-44-88(83)114;/h25,28-29,33-39,41-42,44,62,66,69,71-72,84-87,89,94-95,119H,7-24,26-27,30-32,40,43,45-61,63-65,67-68,70H2,1-6H3,(H8-,106,107,108,109,110,111,112,113,122,123,125,126,127,128,129,130,131,134);1H/t71-,72+,84+,85-,86-,87-,89-,94-,95-,104-;/m0./s1. The highest BCUT2D eigenvalue weighted by Crippen LogP contribution is 2.33. The van der Waals surface area contributed by atoms with Crippen molar-refractivity contribution in [3.63, 3.8) is 0 Å². The number of ketones is 2. The third-order valence-corrected chi connectivity index (χ3v) is 27.3. The number of aliphatic carboxylic acids is 1. The number of ether oxygens (including phenoxy) is 4. The zero-order chi connectivity index (χ0) is 99.1. The molecule has 10 N–H and O–H groups in total. The van der Waals surface area contributed by atoms with Gasteiger partial charge in [-0.3, -0.25) is 67.1 Å². The number of aliphatic hydroxyl groups excluding tert-OH is 1. The minimum atomic E-state index is -1.87. The molecule has 7 heterocycles. The van der Waals surface area contributed by atoms with Crippen molar-refractivity contribution in [1.29, 1.82) is 0 Å². The fraction of sp³-hybridized carbons (Fsp3) is 0.615. The minimum Gasteiger partial charge on any atom is -1.00 e. The second-order valence-electron chi connectivity index (χ2n) is 38.8. The normalized spacial score (nSPS) is 22.3. The number of aromatic nitrogens is 1. The van der Waals surface area contributed by atoms with E-state index in [1.807, 2.05) is 28.8 Å². The number of fused-ring (bicyclic) bond motifs is 16. The van der Waals surface area contributed by atoms with E-state index in [0.717, 1.165) is 67.5 Å². The van der Waals surface area contributed by atoms with Crippen LogP contribution in [0.5, 0.6) is 5.75 Å². The summed E-state index contributed by atoms with van der Waals surface area (Å²) >= 11 is 0. The molecule has 6 aliphatic rings. The number of hydrogen-bond donors (Lipinski definition) is 10. The van der Waals surface area contributed by atoms with Crippen LogP contribution in [0.2, 0.25) is 0 Å². The molecule has 6 aliphatic heterocycles. The third-order valence-electron chi connectivity index (χ3n) is 27.3. The van der Waals surface area contributed by atoms with Gasteiger partial charge in [-0.2, -0.15) is 0 Å². The molecule has 5 aromatic rings. The van der Waals surface area contributed by atoms with Crippen LogP contribution >= 0.6 is 0 Å². The smallest absolute Gasteiger partial charge is 0.303 e. The summed E-state index contributed by atoms with van der Waals surface area (Å²) < 4.78 is 42.1. The van der Waals surface area contributed by atoms with Crippen molar-refractivity contribution in [3.05, 3.63) is 136 Å². The molecule has 0 saturated carbocycles. The number of unbranched alkanes of at least 4 members (excludes halogenated alkanes) is 13. The molecule has 11 amide bonds. The molecule has 1 aromatic heterocycles. The molecule has 10 atom stereocenters. The van der Waals surface area contributed by atoms with Gasteiger partial charge < -0.3 is 108 Å². The number of likely N-dealkylation sites (N-methyl/N-ethyl adjacent to an activating group) is 1. The molecule has 33 nitrogen and oxygen atoms in total. The zero-order valence-corrected chi connectivity index (χ0v) is 82.9. The van der Waals surface area contributed by atoms with Gasteiger partial charge in [-0.05, 0) is 142 Å². The third kappa shape index (κ3) is 36.1. The number of rotatable bonds is 37. The van der Waals surface area contributed by atoms with E-state index in [0.29, 0.717) is 121 Å². The second-order valence-corrected chi connectivity index (χ2v) is 38.8. The summed E-state index contributed by atoms with van der Waals surface area (Å²) in [5.74, 6) is -9.47. The highest BCUT2D eigenvalue weighted by Gasteiger charge is 2.50. The topological polar surface area (TPSA) is 427 Å². The Balaban J connectivity index is 0.0000216. The van der Waals surface area contributed by atoms with Crippen LogP contribution < -0.4 is 59.7 Å². The van der Waals surface area contributed by atoms with Crippen molar-refractivity contribution < 1.29 is 118 Å². The van der Waals surface area contributed by atoms with Crippen LogP contribution in [-0.4, -0.2) is 270 Å². The van der Waals surface area contributed by atoms with Gasteiger partial charge in [-0.25, -0.2) is 4.39 Å². The van der Waals surface area contributed by atoms with Crippen LogP contribution in [0.15, 0.2) is 97.2 Å². The number of methoxy groups -OCH3 is 1. The predicted octanol–water partition coefficient (Wildman–Crippen LogP) is 5.71. The number of nitrogens with zero attached hydrogens (tertiary/aromatic N) is 5. The fourth-order valence-corrected chi connectivity index (χ4v) is 18.9. The molecule has 0 aliphatic carbocycles. The molecule has 139 heavy (non-hydrogen) atoms. The Hall–Kier alpha value is -10.8. The summed E-state index contributed by atoms with van der Waals surface area (Å²) in [7, 11) is 5.68. The lowest BCUT2D eigenvalue weighted by Gasteiger charge is -2.37. The Labute approximate surface area is 822 Å². The first-order valence-electron chi connectivity index (χ1n) is 50.2. The van der Waals surface area contributed by atoms with Crippen LogP contribution in [0, 0.1) is 5.82 Å². The van der Waals surface area contributed by atoms with Crippen molar-refractivity contribution in [2.75, 3.05) is 93.5 Å². The minimum absolute atomic E-state index is 0. The van der Waals surface area contributed by atoms with Crippen LogP contribution in [0.4, 0.5) is 4.39 Å². The van der Waals surface area contributed by atoms with Crippen LogP contribution in [0.25, 0.3) is 10.9 Å². The van der Waals surface area contributed by atoms with Gasteiger partial charge in [0.2, 0.25) is 65.0 Å². The highest BCUT2D eigenvalue weighted by atomic mass is 35.5. The summed E-state index contributed by atoms with van der Waals surface area (Å²) in [4.78, 5) is 208. The molecule has 12 bridgehead atoms. The van der Waals surface area contributed by atoms with Gasteiger partial charge in [0, 0.05) is 134 Å². The SMILES string of the molecule is COc1ccc(C[C@@H]2NC(=O)[C@H]([C@@H](C)O)NC(=O)[C@@H]3[C@@H]4CCN3C(=O)[C@@H]3Cc5cn(c6ccc(F)cc56)CCCCCCN(Cc5ccc(cc5)CCNC(=O)[C@]5(C)CCCN5C2=O)C(=O)CCC(=O)N[C@@H](C)C(=O)N[C@H](CCC(=O)CCOCCOCC[N+](C)(C)CCCC(=O)CCCCCCCCCCCCCCCCC(=O)O)C(=O)N[C@@H](Cc2cccc(c2)CNC(=O)CO4)C(=O)N3)cc1.[Cl-]. The van der Waals surface area contributed by atoms with Gasteiger partial charge in [0.05, 0.1) is 66.4 Å².